The summed E-state index contributed by atoms with van der Waals surface area (Å²) in [6.45, 7) is 0. The van der Waals surface area contributed by atoms with Crippen LogP contribution < -0.4 is 0 Å². The van der Waals surface area contributed by atoms with E-state index < -0.39 is 0 Å². The van der Waals surface area contributed by atoms with Crippen LogP contribution in [0.25, 0.3) is 27.7 Å². The van der Waals surface area contributed by atoms with Crippen molar-refractivity contribution in [3.8, 4) is 27.7 Å². The van der Waals surface area contributed by atoms with Crippen molar-refractivity contribution in [3.05, 3.63) is 71.3 Å². The number of halogens is 1. The normalized spacial score (nSPS) is 11.0. The highest BCUT2D eigenvalue weighted by Crippen LogP contribution is 2.31. The molecule has 1 aromatic carbocycles. The van der Waals surface area contributed by atoms with Gasteiger partial charge in [-0.15, -0.1) is 11.3 Å². The van der Waals surface area contributed by atoms with E-state index in [1.54, 1.807) is 17.6 Å². The van der Waals surface area contributed by atoms with Crippen LogP contribution >= 0.6 is 22.9 Å². The summed E-state index contributed by atoms with van der Waals surface area (Å²) in [4.78, 5) is 1.13. The number of thiophene rings is 1. The molecular formula is C17H11ClN2OS. The van der Waals surface area contributed by atoms with Gasteiger partial charge in [-0.25, -0.2) is 4.68 Å². The van der Waals surface area contributed by atoms with Crippen molar-refractivity contribution in [3.63, 3.8) is 0 Å². The fourth-order valence-electron chi connectivity index (χ4n) is 2.30. The Labute approximate surface area is 136 Å². The number of rotatable bonds is 3. The van der Waals surface area contributed by atoms with E-state index in [-0.39, 0.29) is 0 Å². The molecule has 0 aliphatic carbocycles. The minimum atomic E-state index is 0.703. The lowest BCUT2D eigenvalue weighted by molar-refractivity contribution is 0.577. The summed E-state index contributed by atoms with van der Waals surface area (Å²) in [5.74, 6) is 0.783. The maximum atomic E-state index is 5.98. The fraction of sp³-hybridized carbons (Fsp3) is 0. The van der Waals surface area contributed by atoms with Crippen LogP contribution in [-0.4, -0.2) is 9.78 Å². The second-order valence-electron chi connectivity index (χ2n) is 4.76. The maximum Gasteiger partial charge on any atom is 0.152 e. The summed E-state index contributed by atoms with van der Waals surface area (Å²) in [6, 6.07) is 17.5. The highest BCUT2D eigenvalue weighted by atomic mass is 35.5. The van der Waals surface area contributed by atoms with Gasteiger partial charge in [0.25, 0.3) is 0 Å². The molecule has 3 aromatic heterocycles. The number of hydrogen-bond acceptors (Lipinski definition) is 3. The Hall–Kier alpha value is -2.30. The van der Waals surface area contributed by atoms with Gasteiger partial charge in [0.2, 0.25) is 0 Å². The van der Waals surface area contributed by atoms with Gasteiger partial charge in [0.05, 0.1) is 16.8 Å². The van der Waals surface area contributed by atoms with Crippen molar-refractivity contribution in [2.45, 2.75) is 0 Å². The molecule has 0 spiro atoms. The molecule has 5 heteroatoms. The van der Waals surface area contributed by atoms with Gasteiger partial charge in [-0.2, -0.15) is 5.10 Å². The minimum Gasteiger partial charge on any atom is -0.463 e. The maximum absolute atomic E-state index is 5.98. The van der Waals surface area contributed by atoms with Gasteiger partial charge in [0.15, 0.2) is 5.76 Å². The van der Waals surface area contributed by atoms with Gasteiger partial charge in [-0.1, -0.05) is 17.7 Å². The third-order valence-electron chi connectivity index (χ3n) is 3.33. The van der Waals surface area contributed by atoms with Gasteiger partial charge in [0, 0.05) is 5.02 Å². The van der Waals surface area contributed by atoms with E-state index in [2.05, 4.69) is 6.07 Å². The summed E-state index contributed by atoms with van der Waals surface area (Å²) < 4.78 is 7.43. The van der Waals surface area contributed by atoms with Crippen LogP contribution in [0.2, 0.25) is 5.02 Å². The minimum absolute atomic E-state index is 0.703. The van der Waals surface area contributed by atoms with Crippen LogP contribution in [0.5, 0.6) is 0 Å². The lowest BCUT2D eigenvalue weighted by atomic mass is 10.2. The standard InChI is InChI=1S/C17H11ClN2OS/c18-12-5-7-13(8-6-12)20-15(16-3-1-9-21-16)11-14(19-20)17-4-2-10-22-17/h1-11H. The molecule has 0 saturated heterocycles. The lowest BCUT2D eigenvalue weighted by Gasteiger charge is -2.05. The third kappa shape index (κ3) is 2.36. The van der Waals surface area contributed by atoms with Crippen molar-refractivity contribution in [2.75, 3.05) is 0 Å². The molecule has 4 rings (SSSR count). The van der Waals surface area contributed by atoms with Crippen LogP contribution in [0.4, 0.5) is 0 Å². The van der Waals surface area contributed by atoms with Crippen LogP contribution in [0.3, 0.4) is 0 Å². The number of hydrogen-bond donors (Lipinski definition) is 0. The number of aromatic nitrogens is 2. The van der Waals surface area contributed by atoms with E-state index in [1.165, 1.54) is 0 Å². The molecule has 0 aliphatic rings. The molecule has 0 aliphatic heterocycles. The Balaban J connectivity index is 1.90. The fourth-order valence-corrected chi connectivity index (χ4v) is 3.11. The summed E-state index contributed by atoms with van der Waals surface area (Å²) in [6.07, 6.45) is 1.67. The zero-order valence-corrected chi connectivity index (χ0v) is 13.0. The zero-order valence-electron chi connectivity index (χ0n) is 11.4. The van der Waals surface area contributed by atoms with Crippen LogP contribution in [-0.2, 0) is 0 Å². The number of furan rings is 1. The van der Waals surface area contributed by atoms with Crippen molar-refractivity contribution >= 4 is 22.9 Å². The summed E-state index contributed by atoms with van der Waals surface area (Å²) >= 11 is 7.64. The highest BCUT2D eigenvalue weighted by molar-refractivity contribution is 7.13. The van der Waals surface area contributed by atoms with Gasteiger partial charge in [0.1, 0.15) is 11.4 Å². The second-order valence-corrected chi connectivity index (χ2v) is 6.14. The van der Waals surface area contributed by atoms with E-state index in [4.69, 9.17) is 21.1 Å². The summed E-state index contributed by atoms with van der Waals surface area (Å²) in [7, 11) is 0. The Morgan fingerprint density at radius 1 is 1.05 bits per heavy atom. The first-order valence-corrected chi connectivity index (χ1v) is 8.01. The molecule has 108 valence electrons. The van der Waals surface area contributed by atoms with E-state index in [9.17, 15) is 0 Å². The second kappa shape index (κ2) is 5.48. The molecule has 3 heterocycles. The van der Waals surface area contributed by atoms with Crippen molar-refractivity contribution in [1.82, 2.24) is 9.78 Å². The first-order valence-electron chi connectivity index (χ1n) is 6.75. The van der Waals surface area contributed by atoms with Crippen molar-refractivity contribution in [2.24, 2.45) is 0 Å². The molecule has 0 fully saturated rings. The van der Waals surface area contributed by atoms with E-state index in [1.807, 2.05) is 58.6 Å². The molecule has 0 atom stereocenters. The summed E-state index contributed by atoms with van der Waals surface area (Å²) in [5.41, 5.74) is 2.78. The van der Waals surface area contributed by atoms with E-state index in [0.29, 0.717) is 5.02 Å². The Morgan fingerprint density at radius 3 is 2.59 bits per heavy atom. The Bertz CT molecular complexity index is 878. The molecule has 4 aromatic rings. The monoisotopic (exact) mass is 326 g/mol. The SMILES string of the molecule is Clc1ccc(-n2nc(-c3cccs3)cc2-c2ccco2)cc1. The van der Waals surface area contributed by atoms with Crippen LogP contribution in [0, 0.1) is 0 Å². The quantitative estimate of drug-likeness (QED) is 0.496. The summed E-state index contributed by atoms with van der Waals surface area (Å²) in [5, 5.41) is 7.48. The van der Waals surface area contributed by atoms with Gasteiger partial charge in [-0.05, 0) is 53.9 Å². The van der Waals surface area contributed by atoms with Crippen LogP contribution in [0.15, 0.2) is 70.7 Å². The molecule has 0 N–H and O–H groups in total. The highest BCUT2D eigenvalue weighted by Gasteiger charge is 2.15. The Morgan fingerprint density at radius 2 is 1.91 bits per heavy atom. The van der Waals surface area contributed by atoms with E-state index in [0.717, 1.165) is 27.7 Å². The molecule has 0 radical (unpaired) electrons. The van der Waals surface area contributed by atoms with Gasteiger partial charge in [-0.3, -0.25) is 0 Å². The zero-order chi connectivity index (χ0) is 14.9. The lowest BCUT2D eigenvalue weighted by Crippen LogP contribution is -1.98. The third-order valence-corrected chi connectivity index (χ3v) is 4.47. The topological polar surface area (TPSA) is 31.0 Å². The smallest absolute Gasteiger partial charge is 0.152 e. The predicted octanol–water partition coefficient (Wildman–Crippen LogP) is 5.51. The number of benzene rings is 1. The molecule has 0 bridgehead atoms. The van der Waals surface area contributed by atoms with Gasteiger partial charge < -0.3 is 4.42 Å². The van der Waals surface area contributed by atoms with Crippen molar-refractivity contribution in [1.29, 1.82) is 0 Å². The number of nitrogens with zero attached hydrogens (tertiary/aromatic N) is 2. The van der Waals surface area contributed by atoms with E-state index >= 15 is 0 Å². The molecule has 0 unspecified atom stereocenters. The first kappa shape index (κ1) is 13.4. The van der Waals surface area contributed by atoms with Crippen LogP contribution in [0.1, 0.15) is 0 Å². The average molecular weight is 327 g/mol. The molecule has 3 nitrogen and oxygen atoms in total. The predicted molar refractivity (Wildman–Crippen MR) is 89.6 cm³/mol. The molecule has 0 amide bonds. The first-order chi connectivity index (χ1) is 10.8. The average Bonchev–Trinajstić information content (AvgIpc) is 3.27. The van der Waals surface area contributed by atoms with Gasteiger partial charge >= 0.3 is 0 Å². The molecule has 0 saturated carbocycles. The van der Waals surface area contributed by atoms with Crippen molar-refractivity contribution < 1.29 is 4.42 Å². The largest absolute Gasteiger partial charge is 0.463 e. The molecule has 22 heavy (non-hydrogen) atoms. The Kier molecular flexibility index (Phi) is 3.33. The molecular weight excluding hydrogens is 316 g/mol.